The molecule has 0 radical (unpaired) electrons. The lowest BCUT2D eigenvalue weighted by Gasteiger charge is -2.33. The molecule has 1 aliphatic heterocycles. The Hall–Kier alpha value is -2.96. The molecular weight excluding hydrogens is 302 g/mol. The lowest BCUT2D eigenvalue weighted by atomic mass is 9.96. The average molecular weight is 321 g/mol. The molecule has 1 aliphatic rings. The van der Waals surface area contributed by atoms with Gasteiger partial charge in [-0.1, -0.05) is 13.0 Å². The summed E-state index contributed by atoms with van der Waals surface area (Å²) < 4.78 is 1.75. The Morgan fingerprint density at radius 3 is 2.92 bits per heavy atom. The summed E-state index contributed by atoms with van der Waals surface area (Å²) in [6, 6.07) is 6.02. The number of pyridine rings is 1. The maximum Gasteiger partial charge on any atom is 0.157 e. The molecule has 0 aliphatic carbocycles. The zero-order valence-electron chi connectivity index (χ0n) is 13.7. The maximum absolute atomic E-state index is 5.87. The second kappa shape index (κ2) is 5.59. The Bertz CT molecular complexity index is 886. The van der Waals surface area contributed by atoms with E-state index in [9.17, 15) is 0 Å². The van der Waals surface area contributed by atoms with Gasteiger partial charge in [-0.3, -0.25) is 9.67 Å². The fourth-order valence-electron chi connectivity index (χ4n) is 3.22. The van der Waals surface area contributed by atoms with Crippen molar-refractivity contribution >= 4 is 11.6 Å². The van der Waals surface area contributed by atoms with Gasteiger partial charge in [0.25, 0.3) is 0 Å². The van der Waals surface area contributed by atoms with E-state index in [2.05, 4.69) is 37.9 Å². The third-order valence-corrected chi connectivity index (χ3v) is 4.28. The molecule has 3 aromatic rings. The van der Waals surface area contributed by atoms with Gasteiger partial charge >= 0.3 is 0 Å². The van der Waals surface area contributed by atoms with E-state index in [0.29, 0.717) is 11.7 Å². The molecule has 122 valence electrons. The van der Waals surface area contributed by atoms with Crippen LogP contribution in [0.2, 0.25) is 0 Å². The normalized spacial score (nSPS) is 16.9. The molecular formula is C17H19N7. The maximum atomic E-state index is 5.87. The molecule has 7 nitrogen and oxygen atoms in total. The number of nitrogens with zero attached hydrogens (tertiary/aromatic N) is 6. The molecule has 4 heterocycles. The van der Waals surface area contributed by atoms with E-state index in [-0.39, 0.29) is 0 Å². The van der Waals surface area contributed by atoms with E-state index in [0.717, 1.165) is 36.0 Å². The molecule has 2 N–H and O–H groups in total. The van der Waals surface area contributed by atoms with E-state index in [1.807, 2.05) is 31.6 Å². The lowest BCUT2D eigenvalue weighted by Crippen LogP contribution is -2.34. The predicted molar refractivity (Wildman–Crippen MR) is 92.3 cm³/mol. The van der Waals surface area contributed by atoms with E-state index in [1.165, 1.54) is 5.56 Å². The van der Waals surface area contributed by atoms with Crippen LogP contribution in [0.25, 0.3) is 11.4 Å². The molecule has 0 aromatic carbocycles. The Labute approximate surface area is 140 Å². The molecule has 1 atom stereocenters. The van der Waals surface area contributed by atoms with Crippen LogP contribution in [0.3, 0.4) is 0 Å². The van der Waals surface area contributed by atoms with Gasteiger partial charge in [-0.15, -0.1) is 0 Å². The van der Waals surface area contributed by atoms with Crippen LogP contribution in [0.1, 0.15) is 24.1 Å². The molecule has 3 aromatic heterocycles. The molecule has 1 unspecified atom stereocenters. The average Bonchev–Trinajstić information content (AvgIpc) is 3.01. The van der Waals surface area contributed by atoms with Gasteiger partial charge in [0.1, 0.15) is 17.2 Å². The fourth-order valence-corrected chi connectivity index (χ4v) is 3.22. The number of rotatable bonds is 2. The van der Waals surface area contributed by atoms with Crippen LogP contribution in [0.5, 0.6) is 0 Å². The van der Waals surface area contributed by atoms with Crippen molar-refractivity contribution in [3.8, 4) is 11.4 Å². The summed E-state index contributed by atoms with van der Waals surface area (Å²) in [5.74, 6) is 1.53. The first-order valence-corrected chi connectivity index (χ1v) is 7.93. The van der Waals surface area contributed by atoms with Gasteiger partial charge in [-0.2, -0.15) is 5.10 Å². The summed E-state index contributed by atoms with van der Waals surface area (Å²) in [4.78, 5) is 15.8. The molecule has 0 saturated heterocycles. The molecule has 7 heteroatoms. The van der Waals surface area contributed by atoms with Crippen molar-refractivity contribution in [1.29, 1.82) is 0 Å². The van der Waals surface area contributed by atoms with Crippen LogP contribution in [0.4, 0.5) is 11.6 Å². The first-order valence-electron chi connectivity index (χ1n) is 7.93. The number of aryl methyl sites for hydroxylation is 1. The number of nitrogens with two attached hydrogens (primary N) is 1. The van der Waals surface area contributed by atoms with Crippen LogP contribution < -0.4 is 10.6 Å². The van der Waals surface area contributed by atoms with Gasteiger partial charge in [-0.05, 0) is 17.7 Å². The highest BCUT2D eigenvalue weighted by Crippen LogP contribution is 2.33. The van der Waals surface area contributed by atoms with Crippen molar-refractivity contribution in [3.05, 3.63) is 48.0 Å². The van der Waals surface area contributed by atoms with Gasteiger partial charge in [-0.25, -0.2) is 9.97 Å². The summed E-state index contributed by atoms with van der Waals surface area (Å²) >= 11 is 0. The van der Waals surface area contributed by atoms with Crippen LogP contribution >= 0.6 is 0 Å². The number of hydrogen-bond donors (Lipinski definition) is 1. The van der Waals surface area contributed by atoms with Crippen molar-refractivity contribution in [2.45, 2.75) is 19.4 Å². The summed E-state index contributed by atoms with van der Waals surface area (Å²) in [6.45, 7) is 3.78. The van der Waals surface area contributed by atoms with Crippen LogP contribution in [0, 0.1) is 0 Å². The van der Waals surface area contributed by atoms with Gasteiger partial charge in [0.15, 0.2) is 5.82 Å². The summed E-state index contributed by atoms with van der Waals surface area (Å²) in [7, 11) is 1.88. The molecule has 24 heavy (non-hydrogen) atoms. The van der Waals surface area contributed by atoms with Crippen molar-refractivity contribution in [2.24, 2.45) is 7.05 Å². The molecule has 0 amide bonds. The number of nitrogen functional groups attached to an aromatic ring is 1. The summed E-state index contributed by atoms with van der Waals surface area (Å²) in [5.41, 5.74) is 9.75. The van der Waals surface area contributed by atoms with Gasteiger partial charge in [0, 0.05) is 44.1 Å². The molecule has 0 fully saturated rings. The monoisotopic (exact) mass is 321 g/mol. The van der Waals surface area contributed by atoms with Crippen molar-refractivity contribution in [1.82, 2.24) is 24.7 Å². The summed E-state index contributed by atoms with van der Waals surface area (Å²) in [6.07, 6.45) is 5.35. The van der Waals surface area contributed by atoms with E-state index in [4.69, 9.17) is 5.73 Å². The standard InChI is InChI=1S/C17H19N7/c1-11-9-24(10-12-4-3-6-19-15(11)12)17-16(21-14(18)8-20-17)13-5-7-23(2)22-13/h3-8,11H,9-10H2,1-2H3,(H2,18,21). The smallest absolute Gasteiger partial charge is 0.157 e. The third kappa shape index (κ3) is 2.47. The van der Waals surface area contributed by atoms with E-state index >= 15 is 0 Å². The number of aromatic nitrogens is 5. The highest BCUT2D eigenvalue weighted by molar-refractivity contribution is 5.71. The minimum Gasteiger partial charge on any atom is -0.382 e. The summed E-state index contributed by atoms with van der Waals surface area (Å²) in [5, 5.41) is 4.46. The Morgan fingerprint density at radius 1 is 1.25 bits per heavy atom. The van der Waals surface area contributed by atoms with Gasteiger partial charge < -0.3 is 10.6 Å². The third-order valence-electron chi connectivity index (χ3n) is 4.28. The van der Waals surface area contributed by atoms with Crippen molar-refractivity contribution < 1.29 is 0 Å². The molecule has 0 saturated carbocycles. The van der Waals surface area contributed by atoms with Crippen LogP contribution in [0.15, 0.2) is 36.8 Å². The molecule has 0 spiro atoms. The zero-order valence-corrected chi connectivity index (χ0v) is 13.7. The number of anilines is 2. The predicted octanol–water partition coefficient (Wildman–Crippen LogP) is 1.98. The fraction of sp³-hybridized carbons (Fsp3) is 0.294. The zero-order chi connectivity index (χ0) is 16.7. The van der Waals surface area contributed by atoms with E-state index < -0.39 is 0 Å². The quantitative estimate of drug-likeness (QED) is 0.777. The topological polar surface area (TPSA) is 85.8 Å². The number of hydrogen-bond acceptors (Lipinski definition) is 6. The SMILES string of the molecule is CC1CN(c2ncc(N)nc2-c2ccn(C)n2)Cc2cccnc21. The number of fused-ring (bicyclic) bond motifs is 1. The Balaban J connectivity index is 1.78. The largest absolute Gasteiger partial charge is 0.382 e. The Kier molecular flexibility index (Phi) is 3.41. The molecule has 4 rings (SSSR count). The first kappa shape index (κ1) is 14.6. The lowest BCUT2D eigenvalue weighted by molar-refractivity contribution is 0.615. The van der Waals surface area contributed by atoms with E-state index in [1.54, 1.807) is 10.9 Å². The minimum atomic E-state index is 0.325. The Morgan fingerprint density at radius 2 is 2.12 bits per heavy atom. The second-order valence-corrected chi connectivity index (χ2v) is 6.17. The van der Waals surface area contributed by atoms with Crippen LogP contribution in [-0.4, -0.2) is 31.3 Å². The van der Waals surface area contributed by atoms with Crippen molar-refractivity contribution in [2.75, 3.05) is 17.2 Å². The van der Waals surface area contributed by atoms with Gasteiger partial charge in [0.05, 0.1) is 6.20 Å². The molecule has 0 bridgehead atoms. The van der Waals surface area contributed by atoms with Crippen LogP contribution in [-0.2, 0) is 13.6 Å². The second-order valence-electron chi connectivity index (χ2n) is 6.17. The minimum absolute atomic E-state index is 0.325. The highest BCUT2D eigenvalue weighted by Gasteiger charge is 2.27. The van der Waals surface area contributed by atoms with Crippen molar-refractivity contribution in [3.63, 3.8) is 0 Å². The highest BCUT2D eigenvalue weighted by atomic mass is 15.3. The first-order chi connectivity index (χ1) is 11.6. The van der Waals surface area contributed by atoms with Gasteiger partial charge in [0.2, 0.25) is 0 Å².